The molecule has 2 bridgehead atoms. The molecule has 2 N–H and O–H groups in total. The fourth-order valence-electron chi connectivity index (χ4n) is 4.49. The maximum absolute atomic E-state index is 11.7. The summed E-state index contributed by atoms with van der Waals surface area (Å²) in [6, 6.07) is 6.38. The SMILES string of the molecule is CCNC(=O)NC[C@H]1C[C@H]2CCN1C[C@@H]2c1cc(-c2ccco2)nn1C. The minimum atomic E-state index is -0.0681. The fraction of sp³-hybridized carbons (Fsp3) is 0.579. The van der Waals surface area contributed by atoms with E-state index in [1.165, 1.54) is 12.1 Å². The van der Waals surface area contributed by atoms with Gasteiger partial charge in [0.25, 0.3) is 0 Å². The molecule has 2 amide bonds. The molecule has 0 aromatic carbocycles. The Hall–Kier alpha value is -2.28. The summed E-state index contributed by atoms with van der Waals surface area (Å²) in [5.41, 5.74) is 2.18. The molecule has 3 saturated heterocycles. The van der Waals surface area contributed by atoms with Crippen molar-refractivity contribution in [2.24, 2.45) is 13.0 Å². The van der Waals surface area contributed by atoms with Crippen molar-refractivity contribution in [3.8, 4) is 11.5 Å². The third kappa shape index (κ3) is 3.23. The first-order valence-corrected chi connectivity index (χ1v) is 9.49. The van der Waals surface area contributed by atoms with Crippen LogP contribution in [0.3, 0.4) is 0 Å². The molecule has 4 atom stereocenters. The van der Waals surface area contributed by atoms with Crippen LogP contribution >= 0.6 is 0 Å². The van der Waals surface area contributed by atoms with Crippen LogP contribution < -0.4 is 10.6 Å². The Bertz CT molecular complexity index is 754. The number of carbonyl (C=O) groups is 1. The molecule has 5 rings (SSSR count). The average molecular weight is 357 g/mol. The van der Waals surface area contributed by atoms with E-state index in [4.69, 9.17) is 4.42 Å². The maximum atomic E-state index is 11.7. The molecule has 0 spiro atoms. The number of urea groups is 1. The minimum absolute atomic E-state index is 0.0681. The van der Waals surface area contributed by atoms with Crippen molar-refractivity contribution >= 4 is 6.03 Å². The van der Waals surface area contributed by atoms with Gasteiger partial charge in [0.2, 0.25) is 0 Å². The molecule has 7 heteroatoms. The Morgan fingerprint density at radius 2 is 2.31 bits per heavy atom. The lowest BCUT2D eigenvalue weighted by Gasteiger charge is -2.49. The highest BCUT2D eigenvalue weighted by molar-refractivity contribution is 5.73. The van der Waals surface area contributed by atoms with Gasteiger partial charge in [-0.25, -0.2) is 4.79 Å². The van der Waals surface area contributed by atoms with Crippen LogP contribution in [-0.2, 0) is 7.05 Å². The highest BCUT2D eigenvalue weighted by atomic mass is 16.3. The Labute approximate surface area is 153 Å². The molecule has 3 aliphatic rings. The topological polar surface area (TPSA) is 75.3 Å². The van der Waals surface area contributed by atoms with Crippen LogP contribution in [0.15, 0.2) is 28.9 Å². The molecule has 7 nitrogen and oxygen atoms in total. The first-order chi connectivity index (χ1) is 12.7. The number of fused-ring (bicyclic) bond motifs is 3. The molecule has 3 aliphatic heterocycles. The van der Waals surface area contributed by atoms with E-state index in [-0.39, 0.29) is 6.03 Å². The summed E-state index contributed by atoms with van der Waals surface area (Å²) in [6.07, 6.45) is 4.02. The van der Waals surface area contributed by atoms with Crippen molar-refractivity contribution in [2.75, 3.05) is 26.2 Å². The first-order valence-electron chi connectivity index (χ1n) is 9.49. The minimum Gasteiger partial charge on any atom is -0.463 e. The van der Waals surface area contributed by atoms with E-state index < -0.39 is 0 Å². The van der Waals surface area contributed by atoms with Crippen molar-refractivity contribution < 1.29 is 9.21 Å². The summed E-state index contributed by atoms with van der Waals surface area (Å²) in [4.78, 5) is 14.2. The van der Waals surface area contributed by atoms with Gasteiger partial charge in [0.05, 0.1) is 6.26 Å². The van der Waals surface area contributed by atoms with Gasteiger partial charge >= 0.3 is 6.03 Å². The summed E-state index contributed by atoms with van der Waals surface area (Å²) >= 11 is 0. The van der Waals surface area contributed by atoms with Crippen molar-refractivity contribution in [2.45, 2.75) is 31.7 Å². The van der Waals surface area contributed by atoms with Gasteiger partial charge in [-0.05, 0) is 50.4 Å². The van der Waals surface area contributed by atoms with Crippen LogP contribution in [0.1, 0.15) is 31.4 Å². The molecule has 140 valence electrons. The van der Waals surface area contributed by atoms with E-state index in [0.717, 1.165) is 37.5 Å². The number of piperidine rings is 3. The molecular weight excluding hydrogens is 330 g/mol. The number of aryl methyl sites for hydroxylation is 1. The number of rotatable bonds is 5. The predicted molar refractivity (Wildman–Crippen MR) is 98.8 cm³/mol. The molecule has 2 aromatic rings. The predicted octanol–water partition coefficient (Wildman–Crippen LogP) is 2.18. The first kappa shape index (κ1) is 17.1. The smallest absolute Gasteiger partial charge is 0.314 e. The molecule has 3 fully saturated rings. The number of nitrogens with zero attached hydrogens (tertiary/aromatic N) is 3. The van der Waals surface area contributed by atoms with Crippen molar-refractivity contribution in [3.05, 3.63) is 30.2 Å². The monoisotopic (exact) mass is 357 g/mol. The molecule has 26 heavy (non-hydrogen) atoms. The third-order valence-corrected chi connectivity index (χ3v) is 5.78. The Balaban J connectivity index is 1.44. The summed E-state index contributed by atoms with van der Waals surface area (Å²) < 4.78 is 7.50. The number of nitrogens with one attached hydrogen (secondary N) is 2. The number of hydrogen-bond donors (Lipinski definition) is 2. The second-order valence-corrected chi connectivity index (χ2v) is 7.34. The van der Waals surface area contributed by atoms with E-state index in [0.29, 0.717) is 24.4 Å². The second-order valence-electron chi connectivity index (χ2n) is 7.34. The number of aromatic nitrogens is 2. The molecular formula is C19H27N5O2. The molecule has 1 unspecified atom stereocenters. The van der Waals surface area contributed by atoms with Gasteiger partial charge in [-0.1, -0.05) is 0 Å². The molecule has 2 aromatic heterocycles. The lowest BCUT2D eigenvalue weighted by atomic mass is 9.74. The van der Waals surface area contributed by atoms with Gasteiger partial charge in [-0.2, -0.15) is 5.10 Å². The normalized spacial score (nSPS) is 27.5. The van der Waals surface area contributed by atoms with Crippen LogP contribution in [0, 0.1) is 5.92 Å². The third-order valence-electron chi connectivity index (χ3n) is 5.78. The fourth-order valence-corrected chi connectivity index (χ4v) is 4.49. The van der Waals surface area contributed by atoms with E-state index >= 15 is 0 Å². The Morgan fingerprint density at radius 1 is 1.42 bits per heavy atom. The van der Waals surface area contributed by atoms with Crippen LogP contribution in [0.5, 0.6) is 0 Å². The molecule has 0 aliphatic carbocycles. The van der Waals surface area contributed by atoms with Gasteiger partial charge in [0.15, 0.2) is 5.76 Å². The Kier molecular flexibility index (Phi) is 4.72. The second kappa shape index (κ2) is 7.15. The molecule has 0 saturated carbocycles. The number of hydrogen-bond acceptors (Lipinski definition) is 4. The summed E-state index contributed by atoms with van der Waals surface area (Å²) in [5.74, 6) is 1.95. The summed E-state index contributed by atoms with van der Waals surface area (Å²) in [6.45, 7) is 5.46. The molecule has 0 radical (unpaired) electrons. The largest absolute Gasteiger partial charge is 0.463 e. The zero-order chi connectivity index (χ0) is 18.1. The highest BCUT2D eigenvalue weighted by Gasteiger charge is 2.41. The maximum Gasteiger partial charge on any atom is 0.314 e. The lowest BCUT2D eigenvalue weighted by Crippen LogP contribution is -2.56. The van der Waals surface area contributed by atoms with Crippen molar-refractivity contribution in [3.63, 3.8) is 0 Å². The lowest BCUT2D eigenvalue weighted by molar-refractivity contribution is 0.0294. The highest BCUT2D eigenvalue weighted by Crippen LogP contribution is 2.42. The van der Waals surface area contributed by atoms with Gasteiger partial charge in [-0.3, -0.25) is 9.58 Å². The number of carbonyl (C=O) groups excluding carboxylic acids is 1. The van der Waals surface area contributed by atoms with Crippen molar-refractivity contribution in [1.29, 1.82) is 0 Å². The summed E-state index contributed by atoms with van der Waals surface area (Å²) in [7, 11) is 2.02. The van der Waals surface area contributed by atoms with Crippen LogP contribution in [0.2, 0.25) is 0 Å². The van der Waals surface area contributed by atoms with E-state index in [1.807, 2.05) is 30.8 Å². The quantitative estimate of drug-likeness (QED) is 0.860. The zero-order valence-electron chi connectivity index (χ0n) is 15.4. The van der Waals surface area contributed by atoms with Gasteiger partial charge in [0.1, 0.15) is 5.69 Å². The van der Waals surface area contributed by atoms with Crippen LogP contribution in [0.4, 0.5) is 4.79 Å². The van der Waals surface area contributed by atoms with E-state index in [1.54, 1.807) is 6.26 Å². The average Bonchev–Trinajstić information content (AvgIpc) is 3.30. The zero-order valence-corrected chi connectivity index (χ0v) is 15.4. The van der Waals surface area contributed by atoms with E-state index in [9.17, 15) is 4.79 Å². The van der Waals surface area contributed by atoms with Crippen LogP contribution in [-0.4, -0.2) is 52.9 Å². The van der Waals surface area contributed by atoms with E-state index in [2.05, 4.69) is 26.7 Å². The van der Waals surface area contributed by atoms with Crippen molar-refractivity contribution in [1.82, 2.24) is 25.3 Å². The molecule has 5 heterocycles. The summed E-state index contributed by atoms with van der Waals surface area (Å²) in [5, 5.41) is 10.5. The van der Waals surface area contributed by atoms with Gasteiger partial charge in [-0.15, -0.1) is 0 Å². The Morgan fingerprint density at radius 3 is 3.00 bits per heavy atom. The standard InChI is InChI=1S/C19H27N5O2/c1-3-20-19(25)21-11-14-9-13-6-7-24(14)12-15(13)17-10-16(22-23(17)2)18-5-4-8-26-18/h4-5,8,10,13-15H,3,6-7,9,11-12H2,1-2H3,(H2,20,21,25)/t13-,14-,15+/m1/s1. The van der Waals surface area contributed by atoms with Gasteiger partial charge < -0.3 is 15.1 Å². The number of amides is 2. The number of furan rings is 1. The van der Waals surface area contributed by atoms with Crippen LogP contribution in [0.25, 0.3) is 11.5 Å². The van der Waals surface area contributed by atoms with Gasteiger partial charge in [0, 0.05) is 44.3 Å².